The summed E-state index contributed by atoms with van der Waals surface area (Å²) in [6, 6.07) is 5.48. The van der Waals surface area contributed by atoms with Gasteiger partial charge in [-0.15, -0.1) is 0 Å². The third kappa shape index (κ3) is 4.32. The van der Waals surface area contributed by atoms with Gasteiger partial charge in [0.2, 0.25) is 5.91 Å². The molecule has 0 saturated carbocycles. The Kier molecular flexibility index (Phi) is 6.68. The Bertz CT molecular complexity index is 946. The van der Waals surface area contributed by atoms with E-state index in [1.54, 1.807) is 32.2 Å². The molecule has 32 heavy (non-hydrogen) atoms. The molecule has 1 aromatic carbocycles. The third-order valence-electron chi connectivity index (χ3n) is 6.28. The molecule has 1 saturated heterocycles. The summed E-state index contributed by atoms with van der Waals surface area (Å²) >= 11 is 6.36. The van der Waals surface area contributed by atoms with Gasteiger partial charge in [0.1, 0.15) is 6.04 Å². The molecule has 0 bridgehead atoms. The minimum Gasteiger partial charge on any atom is -0.379 e. The fourth-order valence-electron chi connectivity index (χ4n) is 4.29. The quantitative estimate of drug-likeness (QED) is 0.658. The highest BCUT2D eigenvalue weighted by Gasteiger charge is 2.45. The Hall–Kier alpha value is -2.62. The molecule has 4 amide bonds. The summed E-state index contributed by atoms with van der Waals surface area (Å²) in [6.45, 7) is 6.25. The summed E-state index contributed by atoms with van der Waals surface area (Å²) in [5.41, 5.74) is 1.70. The van der Waals surface area contributed by atoms with Crippen molar-refractivity contribution in [3.05, 3.63) is 46.1 Å². The molecular formula is C22H28ClN5O4. The fourth-order valence-corrected chi connectivity index (χ4v) is 4.54. The highest BCUT2D eigenvalue weighted by atomic mass is 35.5. The van der Waals surface area contributed by atoms with Crippen LogP contribution in [0, 0.1) is 0 Å². The number of hydrogen-bond donors (Lipinski definition) is 2. The first-order valence-electron chi connectivity index (χ1n) is 10.8. The van der Waals surface area contributed by atoms with E-state index in [2.05, 4.69) is 15.5 Å². The third-order valence-corrected chi connectivity index (χ3v) is 6.63. The molecule has 2 unspecified atom stereocenters. The van der Waals surface area contributed by atoms with Crippen LogP contribution in [0.15, 0.2) is 35.5 Å². The van der Waals surface area contributed by atoms with Crippen molar-refractivity contribution in [1.29, 1.82) is 0 Å². The van der Waals surface area contributed by atoms with Crippen molar-refractivity contribution in [3.8, 4) is 0 Å². The maximum Gasteiger partial charge on any atom is 0.322 e. The van der Waals surface area contributed by atoms with Gasteiger partial charge in [-0.2, -0.15) is 0 Å². The van der Waals surface area contributed by atoms with E-state index in [-0.39, 0.29) is 24.4 Å². The average molecular weight is 462 g/mol. The van der Waals surface area contributed by atoms with Gasteiger partial charge < -0.3 is 20.3 Å². The lowest BCUT2D eigenvalue weighted by atomic mass is 9.95. The van der Waals surface area contributed by atoms with E-state index in [1.807, 2.05) is 6.07 Å². The monoisotopic (exact) mass is 461 g/mol. The molecule has 1 fully saturated rings. The number of ether oxygens (including phenoxy) is 1. The second-order valence-corrected chi connectivity index (χ2v) is 8.58. The zero-order chi connectivity index (χ0) is 22.8. The molecule has 0 radical (unpaired) electrons. The van der Waals surface area contributed by atoms with Gasteiger partial charge in [0.05, 0.1) is 37.1 Å². The number of nitrogens with one attached hydrogen (secondary N) is 2. The Balaban J connectivity index is 1.46. The number of carbonyl (C=O) groups is 3. The molecule has 3 heterocycles. The number of carbonyl (C=O) groups excluding carboxylic acids is 3. The summed E-state index contributed by atoms with van der Waals surface area (Å²) in [4.78, 5) is 43.9. The Morgan fingerprint density at radius 3 is 2.72 bits per heavy atom. The van der Waals surface area contributed by atoms with Crippen LogP contribution in [0.1, 0.15) is 18.5 Å². The van der Waals surface area contributed by atoms with E-state index in [9.17, 15) is 14.4 Å². The summed E-state index contributed by atoms with van der Waals surface area (Å²) in [6.07, 6.45) is 0. The molecule has 0 spiro atoms. The van der Waals surface area contributed by atoms with Crippen molar-refractivity contribution in [2.24, 2.45) is 0 Å². The van der Waals surface area contributed by atoms with Crippen molar-refractivity contribution in [1.82, 2.24) is 25.3 Å². The molecule has 2 atom stereocenters. The Morgan fingerprint density at radius 2 is 2.00 bits per heavy atom. The van der Waals surface area contributed by atoms with E-state index in [1.165, 1.54) is 9.80 Å². The zero-order valence-electron chi connectivity index (χ0n) is 18.3. The van der Waals surface area contributed by atoms with Crippen molar-refractivity contribution in [2.75, 3.05) is 53.0 Å². The first-order valence-corrected chi connectivity index (χ1v) is 11.2. The fraction of sp³-hybridized carbons (Fsp3) is 0.500. The number of hydrogen-bond acceptors (Lipinski definition) is 5. The average Bonchev–Trinajstić information content (AvgIpc) is 3.14. The lowest BCUT2D eigenvalue weighted by Gasteiger charge is -2.31. The van der Waals surface area contributed by atoms with Gasteiger partial charge >= 0.3 is 6.03 Å². The van der Waals surface area contributed by atoms with E-state index in [0.29, 0.717) is 41.6 Å². The summed E-state index contributed by atoms with van der Waals surface area (Å²) < 4.78 is 5.34. The standard InChI is InChI=1S/C22H28ClN5O4/c1-14(20(29)24-7-8-27-9-11-32-12-10-27)28-13-17-18(21(28)30)19(25-22(31)26(17)2)15-5-3-4-6-16(15)23/h3-6,14,19H,7-13H2,1-2H3,(H,24,29)(H,25,31). The number of rotatable bonds is 6. The zero-order valence-corrected chi connectivity index (χ0v) is 19.0. The minimum atomic E-state index is -0.673. The normalized spacial score (nSPS) is 22.7. The maximum atomic E-state index is 13.4. The highest BCUT2D eigenvalue weighted by Crippen LogP contribution is 2.38. The molecule has 4 rings (SSSR count). The van der Waals surface area contributed by atoms with Crippen LogP contribution >= 0.6 is 11.6 Å². The lowest BCUT2D eigenvalue weighted by Crippen LogP contribution is -2.49. The molecule has 0 aromatic heterocycles. The number of halogens is 1. The molecule has 1 aromatic rings. The number of nitrogens with zero attached hydrogens (tertiary/aromatic N) is 3. The van der Waals surface area contributed by atoms with Gasteiger partial charge in [-0.1, -0.05) is 29.8 Å². The largest absolute Gasteiger partial charge is 0.379 e. The first-order chi connectivity index (χ1) is 15.4. The van der Waals surface area contributed by atoms with Gasteiger partial charge in [0.25, 0.3) is 5.91 Å². The molecule has 0 aliphatic carbocycles. The smallest absolute Gasteiger partial charge is 0.322 e. The number of urea groups is 1. The predicted molar refractivity (Wildman–Crippen MR) is 119 cm³/mol. The molecule has 2 N–H and O–H groups in total. The first kappa shape index (κ1) is 22.6. The van der Waals surface area contributed by atoms with Crippen LogP contribution in [0.3, 0.4) is 0 Å². The van der Waals surface area contributed by atoms with E-state index in [0.717, 1.165) is 19.6 Å². The lowest BCUT2D eigenvalue weighted by molar-refractivity contribution is -0.135. The SMILES string of the molecule is CC(C(=O)NCCN1CCOCC1)N1CC2=C(C1=O)C(c1ccccc1Cl)NC(=O)N2C. The van der Waals surface area contributed by atoms with Crippen LogP contribution in [-0.4, -0.2) is 91.6 Å². The van der Waals surface area contributed by atoms with E-state index >= 15 is 0 Å². The van der Waals surface area contributed by atoms with Gasteiger partial charge in [-0.05, 0) is 18.6 Å². The van der Waals surface area contributed by atoms with Gasteiger partial charge in [0, 0.05) is 38.2 Å². The van der Waals surface area contributed by atoms with Gasteiger partial charge in [-0.3, -0.25) is 19.4 Å². The number of likely N-dealkylation sites (N-methyl/N-ethyl adjacent to an activating group) is 1. The van der Waals surface area contributed by atoms with E-state index < -0.39 is 12.1 Å². The molecule has 3 aliphatic rings. The summed E-state index contributed by atoms with van der Waals surface area (Å²) in [5.74, 6) is -0.490. The van der Waals surface area contributed by atoms with Crippen molar-refractivity contribution in [2.45, 2.75) is 19.0 Å². The molecule has 9 nitrogen and oxygen atoms in total. The summed E-state index contributed by atoms with van der Waals surface area (Å²) in [5, 5.41) is 6.26. The number of morpholine rings is 1. The molecule has 10 heteroatoms. The number of benzene rings is 1. The Labute approximate surface area is 192 Å². The highest BCUT2D eigenvalue weighted by molar-refractivity contribution is 6.31. The minimum absolute atomic E-state index is 0.192. The second-order valence-electron chi connectivity index (χ2n) is 8.18. The Morgan fingerprint density at radius 1 is 1.28 bits per heavy atom. The van der Waals surface area contributed by atoms with E-state index in [4.69, 9.17) is 16.3 Å². The number of amides is 4. The van der Waals surface area contributed by atoms with Crippen molar-refractivity contribution >= 4 is 29.4 Å². The topological polar surface area (TPSA) is 94.2 Å². The van der Waals surface area contributed by atoms with Gasteiger partial charge in [-0.25, -0.2) is 4.79 Å². The van der Waals surface area contributed by atoms with Crippen LogP contribution in [0.5, 0.6) is 0 Å². The molecular weight excluding hydrogens is 434 g/mol. The van der Waals surface area contributed by atoms with Crippen molar-refractivity contribution < 1.29 is 19.1 Å². The predicted octanol–water partition coefficient (Wildman–Crippen LogP) is 0.969. The van der Waals surface area contributed by atoms with Crippen molar-refractivity contribution in [3.63, 3.8) is 0 Å². The maximum absolute atomic E-state index is 13.4. The van der Waals surface area contributed by atoms with Crippen LogP contribution in [0.2, 0.25) is 5.02 Å². The molecule has 172 valence electrons. The van der Waals surface area contributed by atoms with Crippen LogP contribution in [-0.2, 0) is 14.3 Å². The van der Waals surface area contributed by atoms with Crippen LogP contribution in [0.25, 0.3) is 0 Å². The van der Waals surface area contributed by atoms with Gasteiger partial charge in [0.15, 0.2) is 0 Å². The second kappa shape index (κ2) is 9.48. The van der Waals surface area contributed by atoms with Crippen LogP contribution < -0.4 is 10.6 Å². The summed E-state index contributed by atoms with van der Waals surface area (Å²) in [7, 11) is 1.62. The molecule has 3 aliphatic heterocycles. The van der Waals surface area contributed by atoms with Crippen LogP contribution in [0.4, 0.5) is 4.79 Å².